The maximum Gasteiger partial charge on any atom is 0.323 e. The summed E-state index contributed by atoms with van der Waals surface area (Å²) in [6.07, 6.45) is 2.06. The van der Waals surface area contributed by atoms with E-state index in [1.165, 1.54) is 12.4 Å². The summed E-state index contributed by atoms with van der Waals surface area (Å²) in [4.78, 5) is 20.5. The lowest BCUT2D eigenvalue weighted by Gasteiger charge is -2.22. The molecule has 1 aromatic carbocycles. The van der Waals surface area contributed by atoms with Crippen molar-refractivity contribution in [2.75, 3.05) is 18.0 Å². The number of halogens is 1. The highest BCUT2D eigenvalue weighted by Gasteiger charge is 2.17. The number of carbonyl (C=O) groups is 1. The molecule has 0 aliphatic carbocycles. The second kappa shape index (κ2) is 5.60. The van der Waals surface area contributed by atoms with E-state index in [0.29, 0.717) is 17.9 Å². The molecule has 0 fully saturated rings. The van der Waals surface area contributed by atoms with Crippen molar-refractivity contribution in [2.45, 2.75) is 13.3 Å². The monoisotopic (exact) mass is 263 g/mol. The number of carboxylic acids is 1. The highest BCUT2D eigenvalue weighted by molar-refractivity contribution is 5.91. The average molecular weight is 263 g/mol. The number of hydrogen-bond donors (Lipinski definition) is 1. The van der Waals surface area contributed by atoms with E-state index in [4.69, 9.17) is 5.11 Å². The van der Waals surface area contributed by atoms with Crippen LogP contribution < -0.4 is 4.90 Å². The number of rotatable bonds is 5. The van der Waals surface area contributed by atoms with Gasteiger partial charge in [-0.2, -0.15) is 0 Å². The van der Waals surface area contributed by atoms with Crippen LogP contribution in [-0.4, -0.2) is 34.1 Å². The Labute approximate surface area is 109 Å². The van der Waals surface area contributed by atoms with Gasteiger partial charge in [0, 0.05) is 6.54 Å². The van der Waals surface area contributed by atoms with Crippen molar-refractivity contribution in [2.24, 2.45) is 0 Å². The lowest BCUT2D eigenvalue weighted by Crippen LogP contribution is -2.31. The fourth-order valence-corrected chi connectivity index (χ4v) is 1.98. The van der Waals surface area contributed by atoms with E-state index in [1.807, 2.05) is 6.92 Å². The minimum atomic E-state index is -0.975. The third-order valence-corrected chi connectivity index (χ3v) is 2.71. The Kier molecular flexibility index (Phi) is 3.89. The highest BCUT2D eigenvalue weighted by Crippen LogP contribution is 2.25. The fraction of sp³-hybridized carbons (Fsp3) is 0.308. The van der Waals surface area contributed by atoms with E-state index >= 15 is 0 Å². The normalized spacial score (nSPS) is 10.6. The second-order valence-electron chi connectivity index (χ2n) is 4.15. The second-order valence-corrected chi connectivity index (χ2v) is 4.15. The molecular weight excluding hydrogens is 249 g/mol. The number of hydrogen-bond acceptors (Lipinski definition) is 4. The summed E-state index contributed by atoms with van der Waals surface area (Å²) >= 11 is 0. The SMILES string of the molecule is CCCN(CC(=O)O)c1ncnc2cccc(F)c12. The van der Waals surface area contributed by atoms with Crippen molar-refractivity contribution in [3.8, 4) is 0 Å². The predicted molar refractivity (Wildman–Crippen MR) is 69.6 cm³/mol. The summed E-state index contributed by atoms with van der Waals surface area (Å²) in [5.41, 5.74) is 0.469. The number of benzene rings is 1. The van der Waals surface area contributed by atoms with Gasteiger partial charge in [0.05, 0.1) is 10.9 Å². The molecule has 0 saturated carbocycles. The van der Waals surface area contributed by atoms with Gasteiger partial charge < -0.3 is 10.0 Å². The smallest absolute Gasteiger partial charge is 0.323 e. The topological polar surface area (TPSA) is 66.3 Å². The van der Waals surface area contributed by atoms with Crippen molar-refractivity contribution in [1.29, 1.82) is 0 Å². The minimum absolute atomic E-state index is 0.214. The molecule has 0 radical (unpaired) electrons. The van der Waals surface area contributed by atoms with Crippen molar-refractivity contribution in [3.05, 3.63) is 30.3 Å². The first kappa shape index (κ1) is 13.2. The molecule has 5 nitrogen and oxygen atoms in total. The Hall–Kier alpha value is -2.24. The number of aliphatic carboxylic acids is 1. The summed E-state index contributed by atoms with van der Waals surface area (Å²) in [6.45, 7) is 2.20. The Morgan fingerprint density at radius 2 is 2.21 bits per heavy atom. The fourth-order valence-electron chi connectivity index (χ4n) is 1.98. The molecule has 0 saturated heterocycles. The van der Waals surface area contributed by atoms with Gasteiger partial charge in [-0.3, -0.25) is 4.79 Å². The van der Waals surface area contributed by atoms with Crippen LogP contribution in [0.5, 0.6) is 0 Å². The molecular formula is C13H14FN3O2. The van der Waals surface area contributed by atoms with Gasteiger partial charge in [0.15, 0.2) is 0 Å². The maximum absolute atomic E-state index is 13.9. The van der Waals surface area contributed by atoms with Crippen LogP contribution in [-0.2, 0) is 4.79 Å². The van der Waals surface area contributed by atoms with E-state index < -0.39 is 11.8 Å². The molecule has 1 aromatic heterocycles. The molecule has 2 aromatic rings. The zero-order valence-electron chi connectivity index (χ0n) is 10.5. The van der Waals surface area contributed by atoms with Crippen LogP contribution in [0.3, 0.4) is 0 Å². The molecule has 0 aliphatic rings. The first-order valence-corrected chi connectivity index (χ1v) is 5.99. The number of nitrogens with zero attached hydrogens (tertiary/aromatic N) is 3. The largest absolute Gasteiger partial charge is 0.480 e. The molecule has 6 heteroatoms. The van der Waals surface area contributed by atoms with E-state index in [-0.39, 0.29) is 11.9 Å². The quantitative estimate of drug-likeness (QED) is 0.894. The molecule has 0 spiro atoms. The maximum atomic E-state index is 13.9. The first-order chi connectivity index (χ1) is 9.13. The molecule has 0 atom stereocenters. The Bertz CT molecular complexity index is 598. The Morgan fingerprint density at radius 3 is 2.89 bits per heavy atom. The number of aromatic nitrogens is 2. The molecule has 1 N–H and O–H groups in total. The standard InChI is InChI=1S/C13H14FN3O2/c1-2-6-17(7-11(18)19)13-12-9(14)4-3-5-10(12)15-8-16-13/h3-5,8H,2,6-7H2,1H3,(H,18,19). The predicted octanol–water partition coefficient (Wildman–Crippen LogP) is 2.07. The molecule has 2 rings (SSSR count). The Morgan fingerprint density at radius 1 is 1.42 bits per heavy atom. The number of anilines is 1. The van der Waals surface area contributed by atoms with E-state index in [2.05, 4.69) is 9.97 Å². The van der Waals surface area contributed by atoms with E-state index in [1.54, 1.807) is 17.0 Å². The van der Waals surface area contributed by atoms with Crippen LogP contribution in [0.1, 0.15) is 13.3 Å². The van der Waals surface area contributed by atoms with Gasteiger partial charge in [0.25, 0.3) is 0 Å². The van der Waals surface area contributed by atoms with Gasteiger partial charge in [-0.15, -0.1) is 0 Å². The highest BCUT2D eigenvalue weighted by atomic mass is 19.1. The van der Waals surface area contributed by atoms with E-state index in [0.717, 1.165) is 6.42 Å². The van der Waals surface area contributed by atoms with E-state index in [9.17, 15) is 9.18 Å². The van der Waals surface area contributed by atoms with Gasteiger partial charge in [-0.1, -0.05) is 13.0 Å². The van der Waals surface area contributed by atoms with Crippen LogP contribution in [0.4, 0.5) is 10.2 Å². The third kappa shape index (κ3) is 2.78. The summed E-state index contributed by atoms with van der Waals surface area (Å²) in [6, 6.07) is 4.56. The zero-order valence-corrected chi connectivity index (χ0v) is 10.5. The van der Waals surface area contributed by atoms with Crippen molar-refractivity contribution in [1.82, 2.24) is 9.97 Å². The van der Waals surface area contributed by atoms with Crippen LogP contribution in [0.15, 0.2) is 24.5 Å². The van der Waals surface area contributed by atoms with Crippen molar-refractivity contribution < 1.29 is 14.3 Å². The summed E-state index contributed by atoms with van der Waals surface area (Å²) in [7, 11) is 0. The van der Waals surface area contributed by atoms with Crippen LogP contribution in [0.25, 0.3) is 10.9 Å². The minimum Gasteiger partial charge on any atom is -0.480 e. The van der Waals surface area contributed by atoms with Crippen molar-refractivity contribution >= 4 is 22.7 Å². The zero-order chi connectivity index (χ0) is 13.8. The molecule has 0 aliphatic heterocycles. The Balaban J connectivity index is 2.55. The molecule has 19 heavy (non-hydrogen) atoms. The van der Waals surface area contributed by atoms with Crippen LogP contribution in [0.2, 0.25) is 0 Å². The lowest BCUT2D eigenvalue weighted by molar-refractivity contribution is -0.135. The van der Waals surface area contributed by atoms with Gasteiger partial charge >= 0.3 is 5.97 Å². The summed E-state index contributed by atoms with van der Waals surface area (Å²) in [5, 5.41) is 9.20. The summed E-state index contributed by atoms with van der Waals surface area (Å²) in [5.74, 6) is -1.09. The van der Waals surface area contributed by atoms with Crippen LogP contribution in [0, 0.1) is 5.82 Å². The summed E-state index contributed by atoms with van der Waals surface area (Å²) < 4.78 is 13.9. The lowest BCUT2D eigenvalue weighted by atomic mass is 10.2. The van der Waals surface area contributed by atoms with Gasteiger partial charge in [-0.25, -0.2) is 14.4 Å². The third-order valence-electron chi connectivity index (χ3n) is 2.71. The molecule has 0 bridgehead atoms. The molecule has 100 valence electrons. The molecule has 1 heterocycles. The van der Waals surface area contributed by atoms with Crippen molar-refractivity contribution in [3.63, 3.8) is 0 Å². The van der Waals surface area contributed by atoms with Gasteiger partial charge in [0.2, 0.25) is 0 Å². The number of carboxylic acid groups (broad SMARTS) is 1. The number of fused-ring (bicyclic) bond motifs is 1. The van der Waals surface area contributed by atoms with Crippen LogP contribution >= 0.6 is 0 Å². The molecule has 0 amide bonds. The average Bonchev–Trinajstić information content (AvgIpc) is 2.37. The van der Waals surface area contributed by atoms with Gasteiger partial charge in [0.1, 0.15) is 24.5 Å². The molecule has 0 unspecified atom stereocenters. The van der Waals surface area contributed by atoms with Gasteiger partial charge in [-0.05, 0) is 18.6 Å². The first-order valence-electron chi connectivity index (χ1n) is 5.99.